The molecule has 3 aromatic heterocycles. The summed E-state index contributed by atoms with van der Waals surface area (Å²) in [5.41, 5.74) is 2.14. The molecule has 3 heterocycles. The van der Waals surface area contributed by atoms with Gasteiger partial charge in [0.15, 0.2) is 0 Å². The number of thiophene rings is 1. The van der Waals surface area contributed by atoms with Crippen molar-refractivity contribution < 1.29 is 18.7 Å². The number of amides is 1. The number of hydrogen-bond donors (Lipinski definition) is 1. The largest absolute Gasteiger partial charge is 0.455 e. The average molecular weight is 486 g/mol. The summed E-state index contributed by atoms with van der Waals surface area (Å²) < 4.78 is 20.0. The molecule has 33 heavy (non-hydrogen) atoms. The molecule has 168 valence electrons. The van der Waals surface area contributed by atoms with E-state index in [0.717, 1.165) is 29.0 Å². The van der Waals surface area contributed by atoms with Gasteiger partial charge in [0.1, 0.15) is 22.9 Å². The monoisotopic (exact) mass is 485 g/mol. The second-order valence-electron chi connectivity index (χ2n) is 7.30. The number of anilines is 1. The van der Waals surface area contributed by atoms with Gasteiger partial charge in [-0.2, -0.15) is 0 Å². The highest BCUT2D eigenvalue weighted by atomic mass is 35.5. The molecule has 0 aliphatic carbocycles. The number of rotatable bonds is 5. The van der Waals surface area contributed by atoms with E-state index in [-0.39, 0.29) is 22.8 Å². The number of hydrogen-bond acceptors (Lipinski definition) is 6. The third-order valence-corrected chi connectivity index (χ3v) is 6.17. The second-order valence-corrected chi connectivity index (χ2v) is 8.76. The third kappa shape index (κ3) is 4.94. The number of halogens is 2. The van der Waals surface area contributed by atoms with Gasteiger partial charge in [0.25, 0.3) is 11.5 Å². The molecule has 0 fully saturated rings. The molecule has 4 rings (SSSR count). The van der Waals surface area contributed by atoms with Crippen LogP contribution in [-0.4, -0.2) is 21.3 Å². The minimum absolute atomic E-state index is 0.0191. The Morgan fingerprint density at radius 2 is 1.97 bits per heavy atom. The lowest BCUT2D eigenvalue weighted by Crippen LogP contribution is -2.16. The van der Waals surface area contributed by atoms with Crippen molar-refractivity contribution >= 4 is 45.5 Å². The maximum absolute atomic E-state index is 13.2. The zero-order valence-corrected chi connectivity index (χ0v) is 19.1. The van der Waals surface area contributed by atoms with Crippen molar-refractivity contribution in [3.8, 4) is 0 Å². The van der Waals surface area contributed by atoms with Gasteiger partial charge in [0.2, 0.25) is 0 Å². The Labute approximate surface area is 196 Å². The number of esters is 1. The zero-order chi connectivity index (χ0) is 23.7. The molecule has 1 aromatic carbocycles. The molecule has 0 radical (unpaired) electrons. The first-order valence-electron chi connectivity index (χ1n) is 9.74. The summed E-state index contributed by atoms with van der Waals surface area (Å²) in [6, 6.07) is 9.96. The quantitative estimate of drug-likeness (QED) is 0.411. The van der Waals surface area contributed by atoms with E-state index in [1.165, 1.54) is 16.5 Å². The molecule has 10 heteroatoms. The molecule has 0 saturated heterocycles. The highest BCUT2D eigenvalue weighted by Gasteiger charge is 2.18. The number of ether oxygens (including phenoxy) is 1. The molecule has 0 unspecified atom stereocenters. The first kappa shape index (κ1) is 22.6. The lowest BCUT2D eigenvalue weighted by molar-refractivity contribution is 0.0472. The molecule has 0 atom stereocenters. The predicted octanol–water partition coefficient (Wildman–Crippen LogP) is 4.77. The van der Waals surface area contributed by atoms with Gasteiger partial charge in [-0.05, 0) is 55.3 Å². The molecule has 0 spiro atoms. The van der Waals surface area contributed by atoms with Crippen LogP contribution in [0.15, 0.2) is 53.5 Å². The van der Waals surface area contributed by atoms with E-state index in [0.29, 0.717) is 26.8 Å². The highest BCUT2D eigenvalue weighted by molar-refractivity contribution is 7.18. The summed E-state index contributed by atoms with van der Waals surface area (Å²) in [4.78, 5) is 42.0. The summed E-state index contributed by atoms with van der Waals surface area (Å²) in [6.45, 7) is 3.40. The van der Waals surface area contributed by atoms with E-state index in [4.69, 9.17) is 16.3 Å². The highest BCUT2D eigenvalue weighted by Crippen LogP contribution is 2.29. The summed E-state index contributed by atoms with van der Waals surface area (Å²) in [6.07, 6.45) is 1.68. The number of aromatic nitrogens is 2. The minimum Gasteiger partial charge on any atom is -0.455 e. The van der Waals surface area contributed by atoms with E-state index in [1.807, 2.05) is 13.0 Å². The van der Waals surface area contributed by atoms with Crippen LogP contribution in [0.2, 0.25) is 5.02 Å². The summed E-state index contributed by atoms with van der Waals surface area (Å²) in [7, 11) is 0. The van der Waals surface area contributed by atoms with Crippen molar-refractivity contribution in [3.05, 3.63) is 97.1 Å². The van der Waals surface area contributed by atoms with Crippen LogP contribution in [0.3, 0.4) is 0 Å². The molecule has 1 amide bonds. The van der Waals surface area contributed by atoms with E-state index in [1.54, 1.807) is 25.3 Å². The standard InChI is InChI=1S/C23H17ClFN3O4S/c1-12-3-6-18-26-15(9-20(29)28(18)10-12)11-32-23(31)21-13(2)7-19(33-21)27-22(30)16-5-4-14(25)8-17(16)24/h3-10H,11H2,1-2H3,(H,27,30). The third-order valence-electron chi connectivity index (χ3n) is 4.73. The second kappa shape index (κ2) is 9.13. The van der Waals surface area contributed by atoms with Crippen molar-refractivity contribution in [1.29, 1.82) is 0 Å². The van der Waals surface area contributed by atoms with E-state index in [2.05, 4.69) is 10.3 Å². The van der Waals surface area contributed by atoms with Gasteiger partial charge in [-0.3, -0.25) is 14.0 Å². The predicted molar refractivity (Wildman–Crippen MR) is 124 cm³/mol. The van der Waals surface area contributed by atoms with E-state index in [9.17, 15) is 18.8 Å². The summed E-state index contributed by atoms with van der Waals surface area (Å²) in [5.74, 6) is -1.69. The van der Waals surface area contributed by atoms with Crippen LogP contribution in [0.25, 0.3) is 5.65 Å². The van der Waals surface area contributed by atoms with Crippen LogP contribution in [0, 0.1) is 19.7 Å². The van der Waals surface area contributed by atoms with Gasteiger partial charge in [0, 0.05) is 12.3 Å². The smallest absolute Gasteiger partial charge is 0.349 e. The van der Waals surface area contributed by atoms with Crippen LogP contribution in [0.1, 0.15) is 36.9 Å². The topological polar surface area (TPSA) is 89.8 Å². The van der Waals surface area contributed by atoms with Crippen molar-refractivity contribution in [2.24, 2.45) is 0 Å². The Morgan fingerprint density at radius 3 is 2.73 bits per heavy atom. The van der Waals surface area contributed by atoms with Gasteiger partial charge in [-0.15, -0.1) is 11.3 Å². The first-order chi connectivity index (χ1) is 15.7. The summed E-state index contributed by atoms with van der Waals surface area (Å²) >= 11 is 6.96. The van der Waals surface area contributed by atoms with Gasteiger partial charge < -0.3 is 10.1 Å². The molecule has 7 nitrogen and oxygen atoms in total. The number of pyridine rings is 1. The van der Waals surface area contributed by atoms with Crippen LogP contribution < -0.4 is 10.9 Å². The van der Waals surface area contributed by atoms with Crippen molar-refractivity contribution in [3.63, 3.8) is 0 Å². The maximum atomic E-state index is 13.2. The van der Waals surface area contributed by atoms with Crippen LogP contribution in [0.5, 0.6) is 0 Å². The normalized spacial score (nSPS) is 10.9. The lowest BCUT2D eigenvalue weighted by Gasteiger charge is -2.06. The molecule has 1 N–H and O–H groups in total. The minimum atomic E-state index is -0.608. The van der Waals surface area contributed by atoms with Crippen molar-refractivity contribution in [2.45, 2.75) is 20.5 Å². The SMILES string of the molecule is Cc1ccc2nc(COC(=O)c3sc(NC(=O)c4ccc(F)cc4Cl)cc3C)cc(=O)n2c1. The Morgan fingerprint density at radius 1 is 1.18 bits per heavy atom. The fourth-order valence-corrected chi connectivity index (χ4v) is 4.35. The van der Waals surface area contributed by atoms with Gasteiger partial charge >= 0.3 is 5.97 Å². The first-order valence-corrected chi connectivity index (χ1v) is 10.9. The molecule has 0 aliphatic rings. The molecule has 0 saturated carbocycles. The number of carbonyl (C=O) groups excluding carboxylic acids is 2. The number of nitrogens with one attached hydrogen (secondary N) is 1. The van der Waals surface area contributed by atoms with Crippen LogP contribution in [-0.2, 0) is 11.3 Å². The lowest BCUT2D eigenvalue weighted by atomic mass is 10.2. The Bertz CT molecular complexity index is 1460. The van der Waals surface area contributed by atoms with Crippen LogP contribution >= 0.6 is 22.9 Å². The molecular formula is C23H17ClFN3O4S. The van der Waals surface area contributed by atoms with Gasteiger partial charge in [0.05, 0.1) is 21.3 Å². The number of fused-ring (bicyclic) bond motifs is 1. The summed E-state index contributed by atoms with van der Waals surface area (Å²) in [5, 5.41) is 3.03. The number of aryl methyl sites for hydroxylation is 2. The molecular weight excluding hydrogens is 469 g/mol. The fourth-order valence-electron chi connectivity index (χ4n) is 3.14. The van der Waals surface area contributed by atoms with Crippen molar-refractivity contribution in [2.75, 3.05) is 5.32 Å². The van der Waals surface area contributed by atoms with E-state index >= 15 is 0 Å². The fraction of sp³-hybridized carbons (Fsp3) is 0.130. The Hall–Kier alpha value is -3.56. The van der Waals surface area contributed by atoms with Gasteiger partial charge in [-0.1, -0.05) is 17.7 Å². The zero-order valence-electron chi connectivity index (χ0n) is 17.5. The number of carbonyl (C=O) groups is 2. The van der Waals surface area contributed by atoms with E-state index < -0.39 is 17.7 Å². The Balaban J connectivity index is 1.46. The number of nitrogens with zero attached hydrogens (tertiary/aromatic N) is 2. The maximum Gasteiger partial charge on any atom is 0.349 e. The average Bonchev–Trinajstić information content (AvgIpc) is 3.12. The van der Waals surface area contributed by atoms with Gasteiger partial charge in [-0.25, -0.2) is 14.2 Å². The number of benzene rings is 1. The molecule has 4 aromatic rings. The van der Waals surface area contributed by atoms with Crippen LogP contribution in [0.4, 0.5) is 9.39 Å². The molecule has 0 aliphatic heterocycles. The Kier molecular flexibility index (Phi) is 6.26. The van der Waals surface area contributed by atoms with Crippen molar-refractivity contribution in [1.82, 2.24) is 9.38 Å². The molecule has 0 bridgehead atoms.